The molecule has 0 radical (unpaired) electrons. The second kappa shape index (κ2) is 7.44. The molecular formula is C16H17ClFNO2. The first kappa shape index (κ1) is 15.8. The van der Waals surface area contributed by atoms with E-state index >= 15 is 0 Å². The summed E-state index contributed by atoms with van der Waals surface area (Å²) in [5, 5.41) is 0.144. The number of nitrogens with zero attached hydrogens (tertiary/aromatic N) is 1. The summed E-state index contributed by atoms with van der Waals surface area (Å²) >= 11 is 5.95. The van der Waals surface area contributed by atoms with Gasteiger partial charge in [-0.3, -0.25) is 4.79 Å². The van der Waals surface area contributed by atoms with E-state index in [-0.39, 0.29) is 23.5 Å². The molecule has 21 heavy (non-hydrogen) atoms. The molecule has 0 bridgehead atoms. The highest BCUT2D eigenvalue weighted by Crippen LogP contribution is 2.23. The van der Waals surface area contributed by atoms with Gasteiger partial charge in [0.1, 0.15) is 12.4 Å². The number of terminal acetylenes is 1. The number of benzene rings is 1. The molecule has 0 spiro atoms. The largest absolute Gasteiger partial charge is 0.368 e. The summed E-state index contributed by atoms with van der Waals surface area (Å²) in [6.07, 6.45) is 7.06. The maximum absolute atomic E-state index is 13.0. The van der Waals surface area contributed by atoms with Gasteiger partial charge >= 0.3 is 0 Å². The summed E-state index contributed by atoms with van der Waals surface area (Å²) in [4.78, 5) is 14.2. The third-order valence-electron chi connectivity index (χ3n) is 3.51. The molecule has 0 N–H and O–H groups in total. The minimum atomic E-state index is -0.448. The van der Waals surface area contributed by atoms with Crippen molar-refractivity contribution in [2.75, 3.05) is 26.3 Å². The number of amides is 1. The number of piperidine rings is 1. The van der Waals surface area contributed by atoms with Crippen molar-refractivity contribution in [3.05, 3.63) is 34.6 Å². The highest BCUT2D eigenvalue weighted by atomic mass is 35.5. The lowest BCUT2D eigenvalue weighted by molar-refractivity contribution is 0.0534. The third-order valence-corrected chi connectivity index (χ3v) is 3.82. The van der Waals surface area contributed by atoms with Gasteiger partial charge in [0.25, 0.3) is 5.91 Å². The highest BCUT2D eigenvalue weighted by molar-refractivity contribution is 6.33. The van der Waals surface area contributed by atoms with Gasteiger partial charge in [-0.2, -0.15) is 0 Å². The van der Waals surface area contributed by atoms with E-state index < -0.39 is 5.82 Å². The van der Waals surface area contributed by atoms with Gasteiger partial charge in [-0.05, 0) is 31.0 Å². The van der Waals surface area contributed by atoms with Gasteiger partial charge in [-0.1, -0.05) is 17.5 Å². The molecule has 1 saturated heterocycles. The third kappa shape index (κ3) is 4.20. The van der Waals surface area contributed by atoms with E-state index in [1.54, 1.807) is 4.90 Å². The molecule has 1 aliphatic rings. The summed E-state index contributed by atoms with van der Waals surface area (Å²) in [7, 11) is 0. The fraction of sp³-hybridized carbons (Fsp3) is 0.438. The van der Waals surface area contributed by atoms with Crippen molar-refractivity contribution < 1.29 is 13.9 Å². The number of carbonyl (C=O) groups excluding carboxylic acids is 1. The van der Waals surface area contributed by atoms with Crippen LogP contribution in [0, 0.1) is 24.1 Å². The van der Waals surface area contributed by atoms with Gasteiger partial charge in [0.05, 0.1) is 17.2 Å². The van der Waals surface area contributed by atoms with Crippen molar-refractivity contribution in [1.82, 2.24) is 4.90 Å². The van der Waals surface area contributed by atoms with E-state index in [4.69, 9.17) is 22.8 Å². The van der Waals surface area contributed by atoms with E-state index in [1.807, 2.05) is 0 Å². The fourth-order valence-corrected chi connectivity index (χ4v) is 2.75. The molecule has 0 saturated carbocycles. The Kier molecular flexibility index (Phi) is 5.60. The van der Waals surface area contributed by atoms with Crippen LogP contribution in [0.4, 0.5) is 4.39 Å². The molecule has 1 unspecified atom stereocenters. The molecule has 1 fully saturated rings. The lowest BCUT2D eigenvalue weighted by atomic mass is 9.98. The zero-order valence-electron chi connectivity index (χ0n) is 11.6. The number of hydrogen-bond donors (Lipinski definition) is 0. The summed E-state index contributed by atoms with van der Waals surface area (Å²) in [6, 6.07) is 3.83. The highest BCUT2D eigenvalue weighted by Gasteiger charge is 2.25. The van der Waals surface area contributed by atoms with Gasteiger partial charge in [0.2, 0.25) is 0 Å². The number of hydrogen-bond acceptors (Lipinski definition) is 2. The van der Waals surface area contributed by atoms with E-state index in [2.05, 4.69) is 5.92 Å². The van der Waals surface area contributed by atoms with Crippen LogP contribution in [0.3, 0.4) is 0 Å². The number of halogens is 2. The summed E-state index contributed by atoms with van der Waals surface area (Å²) in [6.45, 7) is 2.12. The Balaban J connectivity index is 2.00. The Bertz CT molecular complexity index is 556. The van der Waals surface area contributed by atoms with Crippen LogP contribution in [-0.2, 0) is 4.74 Å². The van der Waals surface area contributed by atoms with Crippen molar-refractivity contribution in [2.24, 2.45) is 5.92 Å². The molecule has 112 valence electrons. The normalized spacial score (nSPS) is 18.3. The average molecular weight is 310 g/mol. The van der Waals surface area contributed by atoms with E-state index in [9.17, 15) is 9.18 Å². The van der Waals surface area contributed by atoms with Crippen LogP contribution < -0.4 is 0 Å². The Morgan fingerprint density at radius 3 is 3.10 bits per heavy atom. The summed E-state index contributed by atoms with van der Waals surface area (Å²) in [5.41, 5.74) is 0.336. The van der Waals surface area contributed by atoms with Gasteiger partial charge in [0.15, 0.2) is 0 Å². The standard InChI is InChI=1S/C16H17ClFNO2/c1-2-8-21-11-12-4-3-7-19(10-12)16(20)14-6-5-13(18)9-15(14)17/h1,5-6,9,12H,3-4,7-8,10-11H2. The van der Waals surface area contributed by atoms with Crippen LogP contribution in [0.1, 0.15) is 23.2 Å². The molecule has 2 rings (SSSR count). The maximum Gasteiger partial charge on any atom is 0.255 e. The number of rotatable bonds is 4. The van der Waals surface area contributed by atoms with Crippen molar-refractivity contribution in [1.29, 1.82) is 0 Å². The molecule has 1 aromatic rings. The molecule has 1 heterocycles. The predicted octanol–water partition coefficient (Wildman–Crippen LogP) is 2.98. The van der Waals surface area contributed by atoms with Crippen LogP contribution in [0.2, 0.25) is 5.02 Å². The van der Waals surface area contributed by atoms with Crippen LogP contribution in [0.15, 0.2) is 18.2 Å². The zero-order chi connectivity index (χ0) is 15.2. The molecular weight excluding hydrogens is 293 g/mol. The first-order chi connectivity index (χ1) is 10.1. The molecule has 1 aromatic carbocycles. The maximum atomic E-state index is 13.0. The smallest absolute Gasteiger partial charge is 0.255 e. The van der Waals surface area contributed by atoms with Crippen LogP contribution in [0.25, 0.3) is 0 Å². The Hall–Kier alpha value is -1.57. The monoisotopic (exact) mass is 309 g/mol. The van der Waals surface area contributed by atoms with Gasteiger partial charge in [-0.25, -0.2) is 4.39 Å². The minimum absolute atomic E-state index is 0.144. The van der Waals surface area contributed by atoms with Crippen molar-refractivity contribution in [3.8, 4) is 12.3 Å². The fourth-order valence-electron chi connectivity index (χ4n) is 2.50. The Morgan fingerprint density at radius 2 is 2.38 bits per heavy atom. The molecule has 0 aliphatic carbocycles. The number of likely N-dealkylation sites (tertiary alicyclic amines) is 1. The van der Waals surface area contributed by atoms with E-state index in [1.165, 1.54) is 12.1 Å². The first-order valence-electron chi connectivity index (χ1n) is 6.87. The molecule has 5 heteroatoms. The van der Waals surface area contributed by atoms with Crippen LogP contribution in [-0.4, -0.2) is 37.1 Å². The summed E-state index contributed by atoms with van der Waals surface area (Å²) in [5.74, 6) is 2.08. The van der Waals surface area contributed by atoms with Crippen molar-refractivity contribution in [3.63, 3.8) is 0 Å². The van der Waals surface area contributed by atoms with Gasteiger partial charge in [-0.15, -0.1) is 6.42 Å². The van der Waals surface area contributed by atoms with Crippen molar-refractivity contribution >= 4 is 17.5 Å². The van der Waals surface area contributed by atoms with Gasteiger partial charge < -0.3 is 9.64 Å². The Morgan fingerprint density at radius 1 is 1.57 bits per heavy atom. The topological polar surface area (TPSA) is 29.5 Å². The van der Waals surface area contributed by atoms with Crippen LogP contribution in [0.5, 0.6) is 0 Å². The molecule has 3 nitrogen and oxygen atoms in total. The van der Waals surface area contributed by atoms with Crippen LogP contribution >= 0.6 is 11.6 Å². The van der Waals surface area contributed by atoms with Gasteiger partial charge in [0, 0.05) is 19.0 Å². The lowest BCUT2D eigenvalue weighted by Crippen LogP contribution is -2.41. The lowest BCUT2D eigenvalue weighted by Gasteiger charge is -2.32. The number of ether oxygens (including phenoxy) is 1. The summed E-state index contributed by atoms with van der Waals surface area (Å²) < 4.78 is 18.4. The number of carbonyl (C=O) groups is 1. The second-order valence-electron chi connectivity index (χ2n) is 5.10. The van der Waals surface area contributed by atoms with E-state index in [0.29, 0.717) is 25.3 Å². The quantitative estimate of drug-likeness (QED) is 0.632. The second-order valence-corrected chi connectivity index (χ2v) is 5.51. The van der Waals surface area contributed by atoms with Crippen molar-refractivity contribution in [2.45, 2.75) is 12.8 Å². The molecule has 1 atom stereocenters. The first-order valence-corrected chi connectivity index (χ1v) is 7.25. The molecule has 1 amide bonds. The van der Waals surface area contributed by atoms with E-state index in [0.717, 1.165) is 18.9 Å². The predicted molar refractivity (Wildman–Crippen MR) is 79.7 cm³/mol. The zero-order valence-corrected chi connectivity index (χ0v) is 12.4. The average Bonchev–Trinajstić information content (AvgIpc) is 2.47. The minimum Gasteiger partial charge on any atom is -0.368 e. The molecule has 1 aliphatic heterocycles. The Labute approximate surface area is 129 Å². The molecule has 0 aromatic heterocycles. The SMILES string of the molecule is C#CCOCC1CCCN(C(=O)c2ccc(F)cc2Cl)C1.